The fraction of sp³-hybridized carbons (Fsp3) is 0.214. The Labute approximate surface area is 192 Å². The van der Waals surface area contributed by atoms with Gasteiger partial charge in [-0.05, 0) is 48.7 Å². The van der Waals surface area contributed by atoms with E-state index < -0.39 is 0 Å². The van der Waals surface area contributed by atoms with Gasteiger partial charge in [0.2, 0.25) is 0 Å². The first kappa shape index (κ1) is 21.0. The lowest BCUT2D eigenvalue weighted by molar-refractivity contribution is 0.273. The van der Waals surface area contributed by atoms with Crippen LogP contribution in [0, 0.1) is 25.2 Å². The van der Waals surface area contributed by atoms with Crippen LogP contribution in [0.3, 0.4) is 0 Å². The number of aryl methyl sites for hydroxylation is 2. The van der Waals surface area contributed by atoms with Crippen LogP contribution in [0.25, 0.3) is 32.9 Å². The molecule has 1 atom stereocenters. The van der Waals surface area contributed by atoms with Gasteiger partial charge in [0, 0.05) is 40.9 Å². The zero-order valence-corrected chi connectivity index (χ0v) is 19.0. The third-order valence-electron chi connectivity index (χ3n) is 6.46. The average molecular weight is 436 g/mol. The van der Waals surface area contributed by atoms with Crippen LogP contribution in [0.5, 0.6) is 0 Å². The molecule has 33 heavy (non-hydrogen) atoms. The molecule has 0 bridgehead atoms. The van der Waals surface area contributed by atoms with Crippen LogP contribution in [0.1, 0.15) is 41.0 Å². The standard InChI is InChI=1S/C28H25N3O2/c1-17(16-32)21-9-10-24-25(12-21)31(15-20-7-5-4-6-8-20)26-13-22(11-23(14-29)28(24)26)27-18(2)30-33-19(27)3/h4-13,17,32H,15-16H2,1-3H3. The van der Waals surface area contributed by atoms with E-state index in [9.17, 15) is 10.4 Å². The van der Waals surface area contributed by atoms with Crippen LogP contribution >= 0.6 is 0 Å². The van der Waals surface area contributed by atoms with E-state index in [2.05, 4.69) is 52.2 Å². The van der Waals surface area contributed by atoms with Crippen molar-refractivity contribution < 1.29 is 9.63 Å². The molecule has 0 fully saturated rings. The summed E-state index contributed by atoms with van der Waals surface area (Å²) < 4.78 is 7.69. The van der Waals surface area contributed by atoms with Crippen LogP contribution in [-0.4, -0.2) is 21.4 Å². The van der Waals surface area contributed by atoms with Gasteiger partial charge in [0.15, 0.2) is 0 Å². The molecule has 0 saturated heterocycles. The second-order valence-corrected chi connectivity index (χ2v) is 8.66. The number of benzene rings is 3. The summed E-state index contributed by atoms with van der Waals surface area (Å²) in [7, 11) is 0. The van der Waals surface area contributed by atoms with Crippen LogP contribution in [-0.2, 0) is 6.54 Å². The minimum Gasteiger partial charge on any atom is -0.396 e. The highest BCUT2D eigenvalue weighted by atomic mass is 16.5. The van der Waals surface area contributed by atoms with Gasteiger partial charge in [-0.15, -0.1) is 0 Å². The SMILES string of the molecule is Cc1noc(C)c1-c1cc(C#N)c2c3ccc(C(C)CO)cc3n(Cc3ccccc3)c2c1. The Morgan fingerprint density at radius 1 is 1.06 bits per heavy atom. The van der Waals surface area contributed by atoms with Gasteiger partial charge in [-0.3, -0.25) is 0 Å². The summed E-state index contributed by atoms with van der Waals surface area (Å²) in [6.07, 6.45) is 0. The molecule has 164 valence electrons. The predicted molar refractivity (Wildman–Crippen MR) is 130 cm³/mol. The van der Waals surface area contributed by atoms with Gasteiger partial charge in [0.25, 0.3) is 0 Å². The highest BCUT2D eigenvalue weighted by molar-refractivity contribution is 6.12. The van der Waals surface area contributed by atoms with E-state index in [4.69, 9.17) is 4.52 Å². The topological polar surface area (TPSA) is 75.0 Å². The Morgan fingerprint density at radius 3 is 2.52 bits per heavy atom. The van der Waals surface area contributed by atoms with Gasteiger partial charge in [0.05, 0.1) is 22.8 Å². The van der Waals surface area contributed by atoms with E-state index in [1.807, 2.05) is 45.0 Å². The minimum atomic E-state index is 0.0332. The maximum absolute atomic E-state index is 10.1. The number of hydrogen-bond acceptors (Lipinski definition) is 4. The fourth-order valence-electron chi connectivity index (χ4n) is 4.71. The first-order chi connectivity index (χ1) is 16.0. The molecule has 2 heterocycles. The Bertz CT molecular complexity index is 1500. The second-order valence-electron chi connectivity index (χ2n) is 8.66. The lowest BCUT2D eigenvalue weighted by atomic mass is 9.97. The number of hydrogen-bond donors (Lipinski definition) is 1. The van der Waals surface area contributed by atoms with Gasteiger partial charge >= 0.3 is 0 Å². The second kappa shape index (κ2) is 8.23. The van der Waals surface area contributed by atoms with Gasteiger partial charge < -0.3 is 14.2 Å². The smallest absolute Gasteiger partial charge is 0.141 e. The third kappa shape index (κ3) is 3.49. The van der Waals surface area contributed by atoms with Gasteiger partial charge in [-0.25, -0.2) is 0 Å². The summed E-state index contributed by atoms with van der Waals surface area (Å²) in [5.74, 6) is 0.770. The third-order valence-corrected chi connectivity index (χ3v) is 6.46. The maximum Gasteiger partial charge on any atom is 0.141 e. The van der Waals surface area contributed by atoms with E-state index in [1.165, 1.54) is 5.56 Å². The van der Waals surface area contributed by atoms with Crippen molar-refractivity contribution in [2.24, 2.45) is 0 Å². The molecule has 1 unspecified atom stereocenters. The molecule has 5 rings (SSSR count). The normalized spacial score (nSPS) is 12.3. The molecule has 3 aromatic carbocycles. The quantitative estimate of drug-likeness (QED) is 0.363. The molecule has 1 N–H and O–H groups in total. The molecular formula is C28H25N3O2. The highest BCUT2D eigenvalue weighted by Crippen LogP contribution is 2.38. The molecule has 2 aromatic heterocycles. The number of aromatic nitrogens is 2. The molecule has 5 aromatic rings. The van der Waals surface area contributed by atoms with Gasteiger partial charge in [-0.1, -0.05) is 54.5 Å². The van der Waals surface area contributed by atoms with Crippen LogP contribution in [0.4, 0.5) is 0 Å². The van der Waals surface area contributed by atoms with Crippen LogP contribution < -0.4 is 0 Å². The average Bonchev–Trinajstić information content (AvgIpc) is 3.34. The molecule has 0 saturated carbocycles. The molecule has 0 aliphatic carbocycles. The van der Waals surface area contributed by atoms with Crippen molar-refractivity contribution >= 4 is 21.8 Å². The summed E-state index contributed by atoms with van der Waals surface area (Å²) in [5.41, 5.74) is 7.60. The van der Waals surface area contributed by atoms with Crippen LogP contribution in [0.15, 0.2) is 65.2 Å². The van der Waals surface area contributed by atoms with Crippen LogP contribution in [0.2, 0.25) is 0 Å². The first-order valence-corrected chi connectivity index (χ1v) is 11.1. The molecule has 0 aliphatic rings. The van der Waals surface area contributed by atoms with E-state index in [1.54, 1.807) is 0 Å². The summed E-state index contributed by atoms with van der Waals surface area (Å²) in [6, 6.07) is 23.1. The number of aliphatic hydroxyl groups is 1. The molecule has 0 amide bonds. The molecule has 5 heteroatoms. The number of fused-ring (bicyclic) bond motifs is 3. The molecule has 0 aliphatic heterocycles. The zero-order valence-electron chi connectivity index (χ0n) is 19.0. The summed E-state index contributed by atoms with van der Waals surface area (Å²) in [6.45, 7) is 6.59. The van der Waals surface area contributed by atoms with Gasteiger partial charge in [0.1, 0.15) is 5.76 Å². The number of nitriles is 1. The van der Waals surface area contributed by atoms with E-state index in [0.717, 1.165) is 50.0 Å². The Hall–Kier alpha value is -3.88. The fourth-order valence-corrected chi connectivity index (χ4v) is 4.71. The van der Waals surface area contributed by atoms with Gasteiger partial charge in [-0.2, -0.15) is 5.26 Å². The molecular weight excluding hydrogens is 410 g/mol. The van der Waals surface area contributed by atoms with Crippen molar-refractivity contribution in [2.45, 2.75) is 33.2 Å². The predicted octanol–water partition coefficient (Wildman–Crippen LogP) is 6.08. The van der Waals surface area contributed by atoms with Crippen molar-refractivity contribution in [2.75, 3.05) is 6.61 Å². The van der Waals surface area contributed by atoms with E-state index >= 15 is 0 Å². The zero-order chi connectivity index (χ0) is 23.1. The van der Waals surface area contributed by atoms with Crippen molar-refractivity contribution in [1.82, 2.24) is 9.72 Å². The Kier molecular flexibility index (Phi) is 5.24. The number of rotatable bonds is 5. The maximum atomic E-state index is 10.1. The van der Waals surface area contributed by atoms with Crippen molar-refractivity contribution in [3.8, 4) is 17.2 Å². The summed E-state index contributed by atoms with van der Waals surface area (Å²) in [5, 5.41) is 25.9. The Balaban J connectivity index is 1.86. The first-order valence-electron chi connectivity index (χ1n) is 11.1. The highest BCUT2D eigenvalue weighted by Gasteiger charge is 2.20. The van der Waals surface area contributed by atoms with Crippen molar-refractivity contribution in [3.05, 3.63) is 88.8 Å². The molecule has 0 radical (unpaired) electrons. The van der Waals surface area contributed by atoms with E-state index in [0.29, 0.717) is 12.1 Å². The monoisotopic (exact) mass is 435 g/mol. The van der Waals surface area contributed by atoms with Crippen molar-refractivity contribution in [1.29, 1.82) is 5.26 Å². The molecule has 5 nitrogen and oxygen atoms in total. The molecule has 0 spiro atoms. The lowest BCUT2D eigenvalue weighted by Crippen LogP contribution is -2.02. The summed E-state index contributed by atoms with van der Waals surface area (Å²) in [4.78, 5) is 0. The number of nitrogens with zero attached hydrogens (tertiary/aromatic N) is 3. The number of aliphatic hydroxyl groups excluding tert-OH is 1. The minimum absolute atomic E-state index is 0.0332. The van der Waals surface area contributed by atoms with E-state index in [-0.39, 0.29) is 12.5 Å². The lowest BCUT2D eigenvalue weighted by Gasteiger charge is -2.12. The van der Waals surface area contributed by atoms with Crippen molar-refractivity contribution in [3.63, 3.8) is 0 Å². The summed E-state index contributed by atoms with van der Waals surface area (Å²) >= 11 is 0. The Morgan fingerprint density at radius 2 is 1.85 bits per heavy atom. The largest absolute Gasteiger partial charge is 0.396 e.